The van der Waals surface area contributed by atoms with Gasteiger partial charge in [0.15, 0.2) is 0 Å². The molecule has 20 heavy (non-hydrogen) atoms. The second-order valence-electron chi connectivity index (χ2n) is 5.75. The smallest absolute Gasteiger partial charge is 0.00767 e. The third-order valence-electron chi connectivity index (χ3n) is 3.84. The van der Waals surface area contributed by atoms with E-state index in [9.17, 15) is 0 Å². The topological polar surface area (TPSA) is 0 Å². The number of hydrogen-bond donors (Lipinski definition) is 0. The quantitative estimate of drug-likeness (QED) is 0.750. The van der Waals surface area contributed by atoms with Crippen molar-refractivity contribution >= 4 is 22.4 Å². The minimum Gasteiger partial charge on any atom is -0.0764 e. The van der Waals surface area contributed by atoms with Gasteiger partial charge in [-0.25, -0.2) is 0 Å². The number of fused-ring (bicyclic) bond motifs is 1. The number of allylic oxidation sites excluding steroid dienone is 2. The van der Waals surface area contributed by atoms with Crippen molar-refractivity contribution in [2.24, 2.45) is 0 Å². The highest BCUT2D eigenvalue weighted by Crippen LogP contribution is 2.14. The van der Waals surface area contributed by atoms with Crippen LogP contribution in [0.3, 0.4) is 0 Å². The molecule has 0 spiro atoms. The van der Waals surface area contributed by atoms with Crippen LogP contribution in [0.5, 0.6) is 0 Å². The predicted octanol–water partition coefficient (Wildman–Crippen LogP) is 4.48. The summed E-state index contributed by atoms with van der Waals surface area (Å²) in [6, 6.07) is 11.0. The van der Waals surface area contributed by atoms with Gasteiger partial charge >= 0.3 is 0 Å². The maximum Gasteiger partial charge on any atom is -0.00767 e. The monoisotopic (exact) mass is 264 g/mol. The molecule has 2 aromatic carbocycles. The van der Waals surface area contributed by atoms with Gasteiger partial charge < -0.3 is 0 Å². The molecule has 0 aliphatic heterocycles. The van der Waals surface area contributed by atoms with Crippen LogP contribution in [0.1, 0.15) is 39.7 Å². The van der Waals surface area contributed by atoms with Gasteiger partial charge in [-0.15, -0.1) is 0 Å². The Morgan fingerprint density at radius 1 is 1.05 bits per heavy atom. The van der Waals surface area contributed by atoms with Crippen molar-refractivity contribution in [1.82, 2.24) is 0 Å². The van der Waals surface area contributed by atoms with E-state index >= 15 is 0 Å². The van der Waals surface area contributed by atoms with Crippen LogP contribution >= 0.6 is 0 Å². The van der Waals surface area contributed by atoms with Gasteiger partial charge in [-0.05, 0) is 60.9 Å². The molecule has 0 bridgehead atoms. The van der Waals surface area contributed by atoms with Crippen molar-refractivity contribution in [2.75, 3.05) is 0 Å². The van der Waals surface area contributed by atoms with Crippen molar-refractivity contribution < 1.29 is 0 Å². The largest absolute Gasteiger partial charge is 0.0764 e. The Labute approximate surface area is 122 Å². The normalized spacial score (nSPS) is 13.6. The molecule has 0 saturated heterocycles. The molecule has 2 aromatic rings. The van der Waals surface area contributed by atoms with E-state index in [0.29, 0.717) is 0 Å². The molecule has 0 fully saturated rings. The van der Waals surface area contributed by atoms with Gasteiger partial charge in [0, 0.05) is 0 Å². The molecule has 0 unspecified atom stereocenters. The zero-order valence-electron chi connectivity index (χ0n) is 13.2. The van der Waals surface area contributed by atoms with Crippen LogP contribution < -0.4 is 10.4 Å². The van der Waals surface area contributed by atoms with Gasteiger partial charge in [-0.2, -0.15) is 0 Å². The third kappa shape index (κ3) is 2.85. The summed E-state index contributed by atoms with van der Waals surface area (Å²) in [7, 11) is 0. The number of aryl methyl sites for hydroxylation is 1. The highest BCUT2D eigenvalue weighted by Gasteiger charge is 2.02. The summed E-state index contributed by atoms with van der Waals surface area (Å²) >= 11 is 0. The molecule has 0 aliphatic rings. The Balaban J connectivity index is 3.03. The lowest BCUT2D eigenvalue weighted by Crippen LogP contribution is -2.27. The van der Waals surface area contributed by atoms with Gasteiger partial charge in [-0.3, -0.25) is 0 Å². The average molecular weight is 264 g/mol. The zero-order valence-corrected chi connectivity index (χ0v) is 13.2. The Hall–Kier alpha value is -1.82. The zero-order chi connectivity index (χ0) is 14.7. The van der Waals surface area contributed by atoms with E-state index in [1.807, 2.05) is 0 Å². The van der Waals surface area contributed by atoms with Gasteiger partial charge in [-0.1, -0.05) is 60.6 Å². The van der Waals surface area contributed by atoms with Crippen molar-refractivity contribution in [2.45, 2.75) is 41.0 Å². The number of benzene rings is 2. The van der Waals surface area contributed by atoms with Gasteiger partial charge in [0.25, 0.3) is 0 Å². The molecule has 0 heterocycles. The highest BCUT2D eigenvalue weighted by molar-refractivity contribution is 5.87. The fraction of sp³-hybridized carbons (Fsp3) is 0.300. The predicted molar refractivity (Wildman–Crippen MR) is 91.2 cm³/mol. The molecule has 0 amide bonds. The van der Waals surface area contributed by atoms with Crippen LogP contribution in [0, 0.1) is 6.92 Å². The molecule has 0 heteroatoms. The molecule has 0 saturated carbocycles. The molecule has 0 N–H and O–H groups in total. The number of hydrogen-bond acceptors (Lipinski definition) is 0. The lowest BCUT2D eigenvalue weighted by Gasteiger charge is -2.07. The van der Waals surface area contributed by atoms with Crippen LogP contribution in [0.25, 0.3) is 22.4 Å². The fourth-order valence-electron chi connectivity index (χ4n) is 2.61. The Morgan fingerprint density at radius 3 is 2.45 bits per heavy atom. The first-order valence-electron chi connectivity index (χ1n) is 7.38. The Morgan fingerprint density at radius 2 is 1.80 bits per heavy atom. The molecule has 2 rings (SSSR count). The minimum absolute atomic E-state index is 1.09. The van der Waals surface area contributed by atoms with E-state index in [1.165, 1.54) is 37.9 Å². The molecular weight excluding hydrogens is 240 g/mol. The van der Waals surface area contributed by atoms with Crippen LogP contribution in [-0.2, 0) is 0 Å². The first kappa shape index (κ1) is 14.6. The summed E-state index contributed by atoms with van der Waals surface area (Å²) in [5, 5.41) is 5.48. The Kier molecular flexibility index (Phi) is 4.44. The summed E-state index contributed by atoms with van der Waals surface area (Å²) in [5.74, 6) is 0. The molecule has 0 atom stereocenters. The standard InChI is InChI=1S/C20H24/c1-6-15(4)19-18(11-10-14(2)3)13-12-17-9-7-8-16(5)20(17)19/h7-13H,6H2,1-5H3/b18-11-,19-15?. The van der Waals surface area contributed by atoms with Crippen LogP contribution in [0.4, 0.5) is 0 Å². The van der Waals surface area contributed by atoms with E-state index in [2.05, 4.69) is 77.1 Å². The summed E-state index contributed by atoms with van der Waals surface area (Å²) in [5.41, 5.74) is 4.14. The molecule has 0 aromatic heterocycles. The third-order valence-corrected chi connectivity index (χ3v) is 3.84. The summed E-state index contributed by atoms with van der Waals surface area (Å²) in [4.78, 5) is 0. The van der Waals surface area contributed by atoms with Gasteiger partial charge in [0.05, 0.1) is 0 Å². The van der Waals surface area contributed by atoms with Gasteiger partial charge in [0.1, 0.15) is 0 Å². The summed E-state index contributed by atoms with van der Waals surface area (Å²) in [6.07, 6.45) is 5.53. The maximum absolute atomic E-state index is 2.25. The highest BCUT2D eigenvalue weighted by atomic mass is 14.1. The Bertz CT molecular complexity index is 770. The lowest BCUT2D eigenvalue weighted by molar-refractivity contribution is 1.20. The van der Waals surface area contributed by atoms with Crippen molar-refractivity contribution in [3.05, 3.63) is 58.0 Å². The van der Waals surface area contributed by atoms with E-state index < -0.39 is 0 Å². The molecule has 104 valence electrons. The molecule has 0 nitrogen and oxygen atoms in total. The lowest BCUT2D eigenvalue weighted by atomic mass is 9.98. The number of rotatable bonds is 2. The molecule has 0 aliphatic carbocycles. The van der Waals surface area contributed by atoms with Crippen LogP contribution in [0.15, 0.2) is 42.0 Å². The van der Waals surface area contributed by atoms with E-state index in [-0.39, 0.29) is 0 Å². The van der Waals surface area contributed by atoms with Crippen LogP contribution in [0.2, 0.25) is 0 Å². The molecule has 0 radical (unpaired) electrons. The second kappa shape index (κ2) is 6.09. The van der Waals surface area contributed by atoms with Gasteiger partial charge in [0.2, 0.25) is 0 Å². The van der Waals surface area contributed by atoms with Crippen molar-refractivity contribution in [3.8, 4) is 0 Å². The fourth-order valence-corrected chi connectivity index (χ4v) is 2.61. The molecular formula is C20H24. The second-order valence-corrected chi connectivity index (χ2v) is 5.75. The van der Waals surface area contributed by atoms with E-state index in [1.54, 1.807) is 0 Å². The summed E-state index contributed by atoms with van der Waals surface area (Å²) in [6.45, 7) is 11.0. The van der Waals surface area contributed by atoms with Crippen molar-refractivity contribution in [1.29, 1.82) is 0 Å². The summed E-state index contributed by atoms with van der Waals surface area (Å²) < 4.78 is 0. The first-order chi connectivity index (χ1) is 9.54. The van der Waals surface area contributed by atoms with E-state index in [0.717, 1.165) is 6.42 Å². The van der Waals surface area contributed by atoms with E-state index in [4.69, 9.17) is 0 Å². The SMILES string of the molecule is CCC(C)=c1/c(=C\C=C(C)C)ccc2cccc(C)c12. The maximum atomic E-state index is 2.25. The van der Waals surface area contributed by atoms with Crippen LogP contribution in [-0.4, -0.2) is 0 Å². The van der Waals surface area contributed by atoms with Crippen molar-refractivity contribution in [3.63, 3.8) is 0 Å². The first-order valence-corrected chi connectivity index (χ1v) is 7.38. The minimum atomic E-state index is 1.09. The average Bonchev–Trinajstić information content (AvgIpc) is 2.44.